The molecule has 3 aromatic rings. The fourth-order valence-corrected chi connectivity index (χ4v) is 3.20. The maximum atomic E-state index is 12.4. The van der Waals surface area contributed by atoms with Crippen LogP contribution in [0.1, 0.15) is 11.1 Å². The molecular weight excluding hydrogens is 370 g/mol. The van der Waals surface area contributed by atoms with E-state index >= 15 is 0 Å². The number of benzene rings is 3. The lowest BCUT2D eigenvalue weighted by Gasteiger charge is -2.12. The van der Waals surface area contributed by atoms with Crippen molar-refractivity contribution in [3.8, 4) is 17.2 Å². The Morgan fingerprint density at radius 2 is 1.55 bits per heavy atom. The molecule has 0 radical (unpaired) electrons. The van der Waals surface area contributed by atoms with Crippen LogP contribution in [0.4, 0.5) is 0 Å². The van der Waals surface area contributed by atoms with E-state index in [-0.39, 0.29) is 11.6 Å². The zero-order valence-electron chi connectivity index (χ0n) is 16.3. The van der Waals surface area contributed by atoms with E-state index in [1.807, 2.05) is 42.5 Å². The van der Waals surface area contributed by atoms with Gasteiger partial charge in [0.15, 0.2) is 17.2 Å². The van der Waals surface area contributed by atoms with Gasteiger partial charge in [0.25, 0.3) is 0 Å². The van der Waals surface area contributed by atoms with Crippen LogP contribution in [0.25, 0.3) is 16.8 Å². The summed E-state index contributed by atoms with van der Waals surface area (Å²) < 4.78 is 21.4. The molecule has 0 N–H and O–H groups in total. The highest BCUT2D eigenvalue weighted by Gasteiger charge is 2.25. The summed E-state index contributed by atoms with van der Waals surface area (Å²) in [5.74, 6) is 1.22. The number of carbonyl (C=O) groups excluding carboxylic acids is 1. The Balaban J connectivity index is 1.72. The third kappa shape index (κ3) is 3.52. The van der Waals surface area contributed by atoms with Gasteiger partial charge in [0.2, 0.25) is 11.6 Å². The Morgan fingerprint density at radius 3 is 2.21 bits per heavy atom. The number of aliphatic imine (C=N–C) groups is 1. The molecular formula is C23H19NO5. The Kier molecular flexibility index (Phi) is 4.91. The van der Waals surface area contributed by atoms with E-state index in [0.717, 1.165) is 16.3 Å². The molecule has 0 amide bonds. The van der Waals surface area contributed by atoms with Crippen LogP contribution in [0.15, 0.2) is 65.3 Å². The summed E-state index contributed by atoms with van der Waals surface area (Å²) in [7, 11) is 4.61. The lowest BCUT2D eigenvalue weighted by molar-refractivity contribution is -0.129. The maximum Gasteiger partial charge on any atom is 0.363 e. The Labute approximate surface area is 168 Å². The average Bonchev–Trinajstić information content (AvgIpc) is 3.12. The van der Waals surface area contributed by atoms with Crippen molar-refractivity contribution in [3.63, 3.8) is 0 Å². The van der Waals surface area contributed by atoms with Gasteiger partial charge in [-0.1, -0.05) is 30.3 Å². The molecule has 0 atom stereocenters. The van der Waals surface area contributed by atoms with Gasteiger partial charge in [0, 0.05) is 5.56 Å². The molecule has 0 fully saturated rings. The summed E-state index contributed by atoms with van der Waals surface area (Å²) >= 11 is 0. The highest BCUT2D eigenvalue weighted by molar-refractivity contribution is 6.13. The monoisotopic (exact) mass is 389 g/mol. The lowest BCUT2D eigenvalue weighted by Crippen LogP contribution is -2.05. The van der Waals surface area contributed by atoms with Gasteiger partial charge in [-0.3, -0.25) is 0 Å². The number of fused-ring (bicyclic) bond motifs is 1. The first kappa shape index (κ1) is 18.6. The first-order chi connectivity index (χ1) is 14.1. The molecule has 6 nitrogen and oxygen atoms in total. The van der Waals surface area contributed by atoms with Crippen LogP contribution in [0.2, 0.25) is 0 Å². The molecule has 0 bridgehead atoms. The number of hydrogen-bond donors (Lipinski definition) is 0. The van der Waals surface area contributed by atoms with Gasteiger partial charge in [0.05, 0.1) is 21.3 Å². The molecule has 0 aliphatic carbocycles. The molecule has 1 aliphatic heterocycles. The Bertz CT molecular complexity index is 1140. The smallest absolute Gasteiger partial charge is 0.363 e. The van der Waals surface area contributed by atoms with Crippen molar-refractivity contribution >= 4 is 28.7 Å². The molecule has 0 unspecified atom stereocenters. The van der Waals surface area contributed by atoms with Crippen LogP contribution in [-0.4, -0.2) is 33.2 Å². The van der Waals surface area contributed by atoms with E-state index in [1.54, 1.807) is 18.2 Å². The third-order valence-corrected chi connectivity index (χ3v) is 4.61. The van der Waals surface area contributed by atoms with Crippen LogP contribution < -0.4 is 14.2 Å². The molecule has 0 saturated carbocycles. The Morgan fingerprint density at radius 1 is 0.862 bits per heavy atom. The summed E-state index contributed by atoms with van der Waals surface area (Å²) in [6, 6.07) is 17.3. The fraction of sp³-hybridized carbons (Fsp3) is 0.130. The number of nitrogens with zero attached hydrogens (tertiary/aromatic N) is 1. The molecule has 146 valence electrons. The lowest BCUT2D eigenvalue weighted by atomic mass is 10.1. The predicted octanol–water partition coefficient (Wildman–Crippen LogP) is 4.21. The molecule has 1 heterocycles. The minimum atomic E-state index is -0.512. The zero-order valence-corrected chi connectivity index (χ0v) is 16.3. The van der Waals surface area contributed by atoms with Gasteiger partial charge < -0.3 is 18.9 Å². The molecule has 6 heteroatoms. The first-order valence-corrected chi connectivity index (χ1v) is 8.94. The quantitative estimate of drug-likeness (QED) is 0.483. The SMILES string of the molecule is COc1cc(/C=C2/N=C(c3ccc4ccccc4c3)OC2=O)cc(OC)c1OC. The average molecular weight is 389 g/mol. The number of rotatable bonds is 5. The summed E-state index contributed by atoms with van der Waals surface area (Å²) in [5, 5.41) is 2.15. The van der Waals surface area contributed by atoms with Crippen LogP contribution in [0, 0.1) is 0 Å². The van der Waals surface area contributed by atoms with Crippen molar-refractivity contribution in [2.45, 2.75) is 0 Å². The van der Waals surface area contributed by atoms with Crippen molar-refractivity contribution in [1.82, 2.24) is 0 Å². The molecule has 1 aliphatic rings. The van der Waals surface area contributed by atoms with E-state index in [1.165, 1.54) is 21.3 Å². The van der Waals surface area contributed by atoms with Crippen LogP contribution in [0.3, 0.4) is 0 Å². The van der Waals surface area contributed by atoms with Crippen molar-refractivity contribution in [1.29, 1.82) is 0 Å². The fourth-order valence-electron chi connectivity index (χ4n) is 3.20. The van der Waals surface area contributed by atoms with E-state index < -0.39 is 5.97 Å². The number of carbonyl (C=O) groups is 1. The second-order valence-corrected chi connectivity index (χ2v) is 6.36. The summed E-state index contributed by atoms with van der Waals surface area (Å²) in [5.41, 5.74) is 1.61. The summed E-state index contributed by atoms with van der Waals surface area (Å²) in [6.07, 6.45) is 1.63. The minimum Gasteiger partial charge on any atom is -0.493 e. The van der Waals surface area contributed by atoms with Crippen molar-refractivity contribution in [3.05, 3.63) is 71.4 Å². The van der Waals surface area contributed by atoms with E-state index in [4.69, 9.17) is 18.9 Å². The molecule has 29 heavy (non-hydrogen) atoms. The van der Waals surface area contributed by atoms with Gasteiger partial charge >= 0.3 is 5.97 Å². The summed E-state index contributed by atoms with van der Waals surface area (Å²) in [6.45, 7) is 0. The zero-order chi connectivity index (χ0) is 20.4. The second kappa shape index (κ2) is 7.67. The molecule has 0 spiro atoms. The highest BCUT2D eigenvalue weighted by Crippen LogP contribution is 2.39. The van der Waals surface area contributed by atoms with Gasteiger partial charge in [0.1, 0.15) is 0 Å². The van der Waals surface area contributed by atoms with Crippen molar-refractivity contribution in [2.24, 2.45) is 4.99 Å². The highest BCUT2D eigenvalue weighted by atomic mass is 16.6. The maximum absolute atomic E-state index is 12.4. The number of ether oxygens (including phenoxy) is 4. The number of methoxy groups -OCH3 is 3. The predicted molar refractivity (Wildman–Crippen MR) is 111 cm³/mol. The molecule has 0 aromatic heterocycles. The van der Waals surface area contributed by atoms with Crippen molar-refractivity contribution < 1.29 is 23.7 Å². The van der Waals surface area contributed by atoms with E-state index in [2.05, 4.69) is 4.99 Å². The first-order valence-electron chi connectivity index (χ1n) is 8.94. The molecule has 0 saturated heterocycles. The molecule has 4 rings (SSSR count). The molecule has 3 aromatic carbocycles. The largest absolute Gasteiger partial charge is 0.493 e. The second-order valence-electron chi connectivity index (χ2n) is 6.36. The van der Waals surface area contributed by atoms with Gasteiger partial charge in [-0.2, -0.15) is 0 Å². The van der Waals surface area contributed by atoms with Gasteiger partial charge in [-0.25, -0.2) is 9.79 Å². The standard InChI is InChI=1S/C23H19NO5/c1-26-19-11-14(12-20(27-2)21(19)28-3)10-18-23(25)29-22(24-18)17-9-8-15-6-4-5-7-16(15)13-17/h4-13H,1-3H3/b18-10+. The Hall–Kier alpha value is -3.80. The van der Waals surface area contributed by atoms with Gasteiger partial charge in [-0.15, -0.1) is 0 Å². The third-order valence-electron chi connectivity index (χ3n) is 4.61. The summed E-state index contributed by atoms with van der Waals surface area (Å²) in [4.78, 5) is 16.8. The number of hydrogen-bond acceptors (Lipinski definition) is 6. The number of cyclic esters (lactones) is 1. The van der Waals surface area contributed by atoms with E-state index in [0.29, 0.717) is 22.8 Å². The van der Waals surface area contributed by atoms with Crippen LogP contribution in [0.5, 0.6) is 17.2 Å². The van der Waals surface area contributed by atoms with Crippen molar-refractivity contribution in [2.75, 3.05) is 21.3 Å². The van der Waals surface area contributed by atoms with E-state index in [9.17, 15) is 4.79 Å². The minimum absolute atomic E-state index is 0.197. The van der Waals surface area contributed by atoms with Gasteiger partial charge in [-0.05, 0) is 46.7 Å². The number of esters is 1. The van der Waals surface area contributed by atoms with Crippen LogP contribution in [-0.2, 0) is 9.53 Å². The van der Waals surface area contributed by atoms with Crippen LogP contribution >= 0.6 is 0 Å². The topological polar surface area (TPSA) is 66.4 Å². The normalized spacial score (nSPS) is 14.7.